The molecule has 3 aromatic carbocycles. The summed E-state index contributed by atoms with van der Waals surface area (Å²) in [7, 11) is 1.62. The van der Waals surface area contributed by atoms with E-state index in [-0.39, 0.29) is 6.61 Å². The molecule has 0 saturated carbocycles. The van der Waals surface area contributed by atoms with E-state index < -0.39 is 6.10 Å². The average Bonchev–Trinajstić information content (AvgIpc) is 3.23. The van der Waals surface area contributed by atoms with E-state index in [0.717, 1.165) is 27.6 Å². The second-order valence-electron chi connectivity index (χ2n) is 7.02. The van der Waals surface area contributed by atoms with E-state index in [2.05, 4.69) is 16.4 Å². The second kappa shape index (κ2) is 12.0. The quantitative estimate of drug-likeness (QED) is 0.312. The number of aliphatic hydroxyl groups is 1. The zero-order valence-electron chi connectivity index (χ0n) is 18.9. The fraction of sp³-hybridized carbons (Fsp3) is 0.308. The van der Waals surface area contributed by atoms with Gasteiger partial charge in [-0.15, -0.1) is 0 Å². The maximum Gasteiger partial charge on any atom is 0.161 e. The Kier molecular flexibility index (Phi) is 8.78. The summed E-state index contributed by atoms with van der Waals surface area (Å²) in [6.07, 6.45) is -0.628. The van der Waals surface area contributed by atoms with Gasteiger partial charge in [0.2, 0.25) is 0 Å². The van der Waals surface area contributed by atoms with Crippen LogP contribution in [0.1, 0.15) is 13.8 Å². The smallest absolute Gasteiger partial charge is 0.161 e. The van der Waals surface area contributed by atoms with E-state index in [0.29, 0.717) is 31.2 Å². The van der Waals surface area contributed by atoms with E-state index in [4.69, 9.17) is 14.2 Å². The Bertz CT molecular complexity index is 1110. The van der Waals surface area contributed by atoms with Crippen molar-refractivity contribution in [2.24, 2.45) is 0 Å². The number of aromatic nitrogens is 1. The molecule has 0 saturated heterocycles. The Morgan fingerprint density at radius 3 is 2.34 bits per heavy atom. The van der Waals surface area contributed by atoms with Gasteiger partial charge in [-0.05, 0) is 30.3 Å². The molecule has 1 atom stereocenters. The van der Waals surface area contributed by atoms with Gasteiger partial charge in [-0.2, -0.15) is 0 Å². The normalized spacial score (nSPS) is 11.6. The molecule has 0 spiro atoms. The number of methoxy groups -OCH3 is 1. The van der Waals surface area contributed by atoms with Gasteiger partial charge in [0.05, 0.1) is 12.6 Å². The number of benzene rings is 3. The standard InChI is InChI=1S/C24H26N2O4.C2H6/c1-28-21-10-4-5-11-22(21)29-14-13-25-15-17(27)16-30-23-12-6-9-20-24(23)18-7-2-3-8-19(18)26-20;1-2/h2-12,17,25-27H,13-16H2,1H3;1-2H3. The van der Waals surface area contributed by atoms with Gasteiger partial charge in [-0.1, -0.05) is 50.2 Å². The van der Waals surface area contributed by atoms with Gasteiger partial charge in [0, 0.05) is 29.4 Å². The number of hydrogen-bond acceptors (Lipinski definition) is 5. The number of aromatic amines is 1. The predicted molar refractivity (Wildman–Crippen MR) is 130 cm³/mol. The highest BCUT2D eigenvalue weighted by molar-refractivity contribution is 6.10. The molecule has 1 heterocycles. The molecule has 0 aliphatic carbocycles. The van der Waals surface area contributed by atoms with Crippen molar-refractivity contribution in [2.75, 3.05) is 33.4 Å². The third-order valence-corrected chi connectivity index (χ3v) is 4.91. The van der Waals surface area contributed by atoms with Crippen LogP contribution in [0.3, 0.4) is 0 Å². The third kappa shape index (κ3) is 5.72. The van der Waals surface area contributed by atoms with Crippen molar-refractivity contribution in [3.05, 3.63) is 66.7 Å². The first kappa shape index (κ1) is 23.4. The fourth-order valence-electron chi connectivity index (χ4n) is 3.47. The lowest BCUT2D eigenvalue weighted by molar-refractivity contribution is 0.106. The van der Waals surface area contributed by atoms with Crippen LogP contribution in [0.4, 0.5) is 0 Å². The number of aliphatic hydroxyl groups excluding tert-OH is 1. The molecule has 1 aromatic heterocycles. The summed E-state index contributed by atoms with van der Waals surface area (Å²) in [5.41, 5.74) is 2.09. The third-order valence-electron chi connectivity index (χ3n) is 4.91. The van der Waals surface area contributed by atoms with Gasteiger partial charge in [-0.25, -0.2) is 0 Å². The number of H-pyrrole nitrogens is 1. The van der Waals surface area contributed by atoms with Crippen molar-refractivity contribution in [1.29, 1.82) is 0 Å². The van der Waals surface area contributed by atoms with Crippen molar-refractivity contribution in [2.45, 2.75) is 20.0 Å². The number of hydrogen-bond donors (Lipinski definition) is 3. The zero-order chi connectivity index (χ0) is 22.8. The molecule has 0 aliphatic heterocycles. The highest BCUT2D eigenvalue weighted by atomic mass is 16.5. The largest absolute Gasteiger partial charge is 0.493 e. The summed E-state index contributed by atoms with van der Waals surface area (Å²) in [4.78, 5) is 3.40. The minimum Gasteiger partial charge on any atom is -0.493 e. The van der Waals surface area contributed by atoms with Crippen LogP contribution in [0.15, 0.2) is 66.7 Å². The van der Waals surface area contributed by atoms with Crippen LogP contribution in [0.25, 0.3) is 21.8 Å². The highest BCUT2D eigenvalue weighted by Gasteiger charge is 2.11. The number of ether oxygens (including phenoxy) is 3. The van der Waals surface area contributed by atoms with Crippen LogP contribution in [0.5, 0.6) is 17.2 Å². The molecule has 6 heteroatoms. The van der Waals surface area contributed by atoms with Crippen LogP contribution in [-0.2, 0) is 0 Å². The zero-order valence-corrected chi connectivity index (χ0v) is 18.9. The van der Waals surface area contributed by atoms with Gasteiger partial charge >= 0.3 is 0 Å². The molecule has 0 aliphatic rings. The first-order chi connectivity index (χ1) is 15.8. The van der Waals surface area contributed by atoms with Gasteiger partial charge < -0.3 is 29.6 Å². The Morgan fingerprint density at radius 1 is 0.844 bits per heavy atom. The predicted octanol–water partition coefficient (Wildman–Crippen LogP) is 4.76. The maximum absolute atomic E-state index is 10.3. The molecule has 0 amide bonds. The van der Waals surface area contributed by atoms with Crippen LogP contribution < -0.4 is 19.5 Å². The van der Waals surface area contributed by atoms with Crippen molar-refractivity contribution in [3.63, 3.8) is 0 Å². The van der Waals surface area contributed by atoms with Crippen LogP contribution in [0.2, 0.25) is 0 Å². The summed E-state index contributed by atoms with van der Waals surface area (Å²) < 4.78 is 16.9. The van der Waals surface area contributed by atoms with Crippen molar-refractivity contribution in [1.82, 2.24) is 10.3 Å². The minimum absolute atomic E-state index is 0.207. The van der Waals surface area contributed by atoms with Crippen LogP contribution in [-0.4, -0.2) is 49.6 Å². The van der Waals surface area contributed by atoms with E-state index >= 15 is 0 Å². The molecule has 32 heavy (non-hydrogen) atoms. The maximum atomic E-state index is 10.3. The summed E-state index contributed by atoms with van der Waals surface area (Å²) in [5.74, 6) is 2.18. The lowest BCUT2D eigenvalue weighted by Gasteiger charge is -2.15. The average molecular weight is 437 g/mol. The SMILES string of the molecule is CC.COc1ccccc1OCCNCC(O)COc1cccc2[nH]c3ccccc3c12. The Morgan fingerprint density at radius 2 is 1.53 bits per heavy atom. The molecule has 0 radical (unpaired) electrons. The fourth-order valence-corrected chi connectivity index (χ4v) is 3.47. The van der Waals surface area contributed by atoms with E-state index in [1.54, 1.807) is 7.11 Å². The first-order valence-corrected chi connectivity index (χ1v) is 11.0. The van der Waals surface area contributed by atoms with Gasteiger partial charge in [0.15, 0.2) is 11.5 Å². The molecule has 4 aromatic rings. The van der Waals surface area contributed by atoms with E-state index in [1.165, 1.54) is 0 Å². The summed E-state index contributed by atoms with van der Waals surface area (Å²) in [6, 6.07) is 21.6. The molecular formula is C26H32N2O4. The monoisotopic (exact) mass is 436 g/mol. The van der Waals surface area contributed by atoms with Crippen LogP contribution >= 0.6 is 0 Å². The van der Waals surface area contributed by atoms with Crippen molar-refractivity contribution >= 4 is 21.8 Å². The van der Waals surface area contributed by atoms with Crippen molar-refractivity contribution < 1.29 is 19.3 Å². The first-order valence-electron chi connectivity index (χ1n) is 11.0. The summed E-state index contributed by atoms with van der Waals surface area (Å²) in [6.45, 7) is 5.70. The Labute approximate surface area is 189 Å². The molecule has 170 valence electrons. The van der Waals surface area contributed by atoms with Crippen LogP contribution in [0, 0.1) is 0 Å². The summed E-state index contributed by atoms with van der Waals surface area (Å²) >= 11 is 0. The van der Waals surface area contributed by atoms with Gasteiger partial charge in [-0.3, -0.25) is 0 Å². The molecule has 6 nitrogen and oxygen atoms in total. The molecule has 4 rings (SSSR count). The number of para-hydroxylation sites is 3. The number of nitrogens with one attached hydrogen (secondary N) is 2. The summed E-state index contributed by atoms with van der Waals surface area (Å²) in [5, 5.41) is 15.6. The highest BCUT2D eigenvalue weighted by Crippen LogP contribution is 2.33. The number of fused-ring (bicyclic) bond motifs is 3. The van der Waals surface area contributed by atoms with Gasteiger partial charge in [0.1, 0.15) is 25.1 Å². The molecule has 0 fully saturated rings. The molecule has 3 N–H and O–H groups in total. The molecular weight excluding hydrogens is 404 g/mol. The van der Waals surface area contributed by atoms with E-state index in [9.17, 15) is 5.11 Å². The second-order valence-corrected chi connectivity index (χ2v) is 7.02. The number of rotatable bonds is 10. The van der Waals surface area contributed by atoms with E-state index in [1.807, 2.05) is 74.5 Å². The van der Waals surface area contributed by atoms with Gasteiger partial charge in [0.25, 0.3) is 0 Å². The molecule has 0 bridgehead atoms. The Hall–Kier alpha value is -3.22. The Balaban J connectivity index is 0.00000141. The topological polar surface area (TPSA) is 75.7 Å². The lowest BCUT2D eigenvalue weighted by atomic mass is 10.1. The minimum atomic E-state index is -0.628. The molecule has 1 unspecified atom stereocenters. The lowest BCUT2D eigenvalue weighted by Crippen LogP contribution is -2.33. The van der Waals surface area contributed by atoms with Crippen molar-refractivity contribution in [3.8, 4) is 17.2 Å².